The number of hydrogen-bond donors (Lipinski definition) is 1. The van der Waals surface area contributed by atoms with E-state index < -0.39 is 0 Å². The summed E-state index contributed by atoms with van der Waals surface area (Å²) in [4.78, 5) is 0. The first-order valence-corrected chi connectivity index (χ1v) is 4.79. The molecule has 0 aliphatic carbocycles. The summed E-state index contributed by atoms with van der Waals surface area (Å²) in [6.07, 6.45) is 1.16. The molecule has 1 aliphatic rings. The van der Waals surface area contributed by atoms with Crippen LogP contribution in [-0.2, 0) is 5.41 Å². The molecule has 1 aliphatic heterocycles. The average molecular weight is 172 g/mol. The second-order valence-electron chi connectivity index (χ2n) is 4.34. The first-order valence-electron chi connectivity index (χ1n) is 4.79. The first-order chi connectivity index (χ1) is 6.13. The zero-order valence-electron chi connectivity index (χ0n) is 8.52. The van der Waals surface area contributed by atoms with Gasteiger partial charge in [0.05, 0.1) is 0 Å². The topological polar surface area (TPSA) is 12.0 Å². The number of hydrogen-bond acceptors (Lipinski definition) is 1. The van der Waals surface area contributed by atoms with E-state index in [-0.39, 0.29) is 0 Å². The molecule has 0 fully saturated rings. The molecule has 1 aromatic rings. The molecule has 67 valence electrons. The van der Waals surface area contributed by atoms with Gasteiger partial charge in [0.15, 0.2) is 7.28 Å². The molecule has 0 amide bonds. The molecule has 1 nitrogen and oxygen atoms in total. The van der Waals surface area contributed by atoms with Gasteiger partial charge in [0.1, 0.15) is 0 Å². The summed E-state index contributed by atoms with van der Waals surface area (Å²) in [5.41, 5.74) is 4.41. The Morgan fingerprint density at radius 3 is 2.85 bits per heavy atom. The van der Waals surface area contributed by atoms with Crippen LogP contribution in [-0.4, -0.2) is 14.3 Å². The van der Waals surface area contributed by atoms with Crippen LogP contribution in [0.15, 0.2) is 18.2 Å². The van der Waals surface area contributed by atoms with E-state index in [0.717, 1.165) is 6.32 Å². The van der Waals surface area contributed by atoms with Crippen molar-refractivity contribution in [2.45, 2.75) is 25.6 Å². The monoisotopic (exact) mass is 172 g/mol. The number of rotatable bonds is 1. The highest BCUT2D eigenvalue weighted by molar-refractivity contribution is 6.56. The van der Waals surface area contributed by atoms with Gasteiger partial charge in [0, 0.05) is 12.7 Å². The average Bonchev–Trinajstić information content (AvgIpc) is 2.42. The minimum atomic E-state index is 0.322. The van der Waals surface area contributed by atoms with Crippen molar-refractivity contribution in [3.63, 3.8) is 0 Å². The lowest BCUT2D eigenvalue weighted by atomic mass is 9.69. The van der Waals surface area contributed by atoms with Gasteiger partial charge in [-0.25, -0.2) is 0 Å². The molecule has 2 heteroatoms. The Morgan fingerprint density at radius 1 is 1.38 bits per heavy atom. The molecule has 0 aromatic heterocycles. The molecule has 1 N–H and O–H groups in total. The maximum absolute atomic E-state index is 3.18. The van der Waals surface area contributed by atoms with Crippen LogP contribution < -0.4 is 10.8 Å². The molecular weight excluding hydrogens is 157 g/mol. The molecule has 2 rings (SSSR count). The van der Waals surface area contributed by atoms with Crippen LogP contribution in [0.1, 0.15) is 19.4 Å². The van der Waals surface area contributed by atoms with Crippen molar-refractivity contribution in [2.75, 3.05) is 12.4 Å². The van der Waals surface area contributed by atoms with E-state index in [0.29, 0.717) is 5.41 Å². The minimum Gasteiger partial charge on any atom is -0.388 e. The summed E-state index contributed by atoms with van der Waals surface area (Å²) in [5, 5.41) is 3.18. The lowest BCUT2D eigenvalue weighted by Gasteiger charge is -2.20. The van der Waals surface area contributed by atoms with E-state index in [2.05, 4.69) is 44.6 Å². The molecule has 1 radical (unpaired) electrons. The highest BCUT2D eigenvalue weighted by Gasteiger charge is 2.29. The fourth-order valence-corrected chi connectivity index (χ4v) is 1.95. The Morgan fingerprint density at radius 2 is 2.15 bits per heavy atom. The van der Waals surface area contributed by atoms with Crippen LogP contribution in [0.2, 0.25) is 6.32 Å². The predicted molar refractivity (Wildman–Crippen MR) is 59.2 cm³/mol. The molecule has 1 aromatic carbocycles. The maximum atomic E-state index is 3.18. The van der Waals surface area contributed by atoms with Crippen molar-refractivity contribution in [2.24, 2.45) is 0 Å². The van der Waals surface area contributed by atoms with Gasteiger partial charge < -0.3 is 5.32 Å². The summed E-state index contributed by atoms with van der Waals surface area (Å²) in [6, 6.07) is 6.60. The quantitative estimate of drug-likeness (QED) is 0.636. The van der Waals surface area contributed by atoms with Crippen molar-refractivity contribution in [1.82, 2.24) is 0 Å². The van der Waals surface area contributed by atoms with Gasteiger partial charge in [-0.05, 0) is 23.1 Å². The summed E-state index contributed by atoms with van der Waals surface area (Å²) < 4.78 is 0. The second kappa shape index (κ2) is 2.79. The van der Waals surface area contributed by atoms with Crippen molar-refractivity contribution in [3.05, 3.63) is 23.8 Å². The Balaban J connectivity index is 2.50. The van der Waals surface area contributed by atoms with E-state index >= 15 is 0 Å². The molecule has 1 heterocycles. The molecular formula is C11H15BN. The summed E-state index contributed by atoms with van der Waals surface area (Å²) in [7, 11) is 4.29. The Kier molecular flexibility index (Phi) is 1.86. The molecule has 13 heavy (non-hydrogen) atoms. The van der Waals surface area contributed by atoms with Crippen LogP contribution in [0, 0.1) is 0 Å². The summed E-state index contributed by atoms with van der Waals surface area (Å²) >= 11 is 0. The van der Waals surface area contributed by atoms with Crippen LogP contribution >= 0.6 is 0 Å². The van der Waals surface area contributed by atoms with Crippen LogP contribution in [0.5, 0.6) is 0 Å². The smallest absolute Gasteiger partial charge is 0.152 e. The fourth-order valence-electron chi connectivity index (χ4n) is 1.95. The van der Waals surface area contributed by atoms with Crippen molar-refractivity contribution in [3.8, 4) is 0 Å². The van der Waals surface area contributed by atoms with Gasteiger partial charge in [0.2, 0.25) is 0 Å². The number of benzene rings is 1. The van der Waals surface area contributed by atoms with Gasteiger partial charge in [-0.15, -0.1) is 0 Å². The fraction of sp³-hybridized carbons (Fsp3) is 0.455. The van der Waals surface area contributed by atoms with Gasteiger partial charge in [-0.1, -0.05) is 31.7 Å². The van der Waals surface area contributed by atoms with Crippen molar-refractivity contribution < 1.29 is 0 Å². The first kappa shape index (κ1) is 8.67. The molecule has 0 atom stereocenters. The third kappa shape index (κ3) is 1.34. The maximum Gasteiger partial charge on any atom is 0.152 e. The van der Waals surface area contributed by atoms with Crippen LogP contribution in [0.3, 0.4) is 0 Å². The molecule has 0 bridgehead atoms. The van der Waals surface area contributed by atoms with Crippen molar-refractivity contribution in [1.29, 1.82) is 0 Å². The standard InChI is InChI=1S/C11H15BN/c1-11(2)7-12-10-5-4-8(13-3)6-9(10)11/h4-6,13H,7H2,1-3H3. The van der Waals surface area contributed by atoms with Crippen LogP contribution in [0.25, 0.3) is 0 Å². The molecule has 0 spiro atoms. The predicted octanol–water partition coefficient (Wildman–Crippen LogP) is 1.77. The van der Waals surface area contributed by atoms with E-state index in [1.165, 1.54) is 16.7 Å². The van der Waals surface area contributed by atoms with Gasteiger partial charge in [-0.2, -0.15) is 0 Å². The highest BCUT2D eigenvalue weighted by atomic mass is 14.8. The second-order valence-corrected chi connectivity index (χ2v) is 4.34. The number of anilines is 1. The normalized spacial score (nSPS) is 17.8. The molecule has 0 saturated carbocycles. The summed E-state index contributed by atoms with van der Waals surface area (Å²) in [6.45, 7) is 4.60. The molecule has 0 saturated heterocycles. The van der Waals surface area contributed by atoms with Gasteiger partial charge >= 0.3 is 0 Å². The van der Waals surface area contributed by atoms with E-state index in [9.17, 15) is 0 Å². The summed E-state index contributed by atoms with van der Waals surface area (Å²) in [5.74, 6) is 0. The van der Waals surface area contributed by atoms with Crippen LogP contribution in [0.4, 0.5) is 5.69 Å². The van der Waals surface area contributed by atoms with E-state index in [4.69, 9.17) is 0 Å². The Bertz CT molecular complexity index is 331. The van der Waals surface area contributed by atoms with Crippen molar-refractivity contribution >= 4 is 18.4 Å². The Labute approximate surface area is 80.8 Å². The number of fused-ring (bicyclic) bond motifs is 1. The number of nitrogens with one attached hydrogen (secondary N) is 1. The highest BCUT2D eigenvalue weighted by Crippen LogP contribution is 2.32. The zero-order valence-corrected chi connectivity index (χ0v) is 8.52. The third-order valence-corrected chi connectivity index (χ3v) is 2.90. The lowest BCUT2D eigenvalue weighted by Crippen LogP contribution is -2.15. The van der Waals surface area contributed by atoms with Gasteiger partial charge in [0.25, 0.3) is 0 Å². The zero-order chi connectivity index (χ0) is 9.47. The largest absolute Gasteiger partial charge is 0.388 e. The lowest BCUT2D eigenvalue weighted by molar-refractivity contribution is 0.603. The van der Waals surface area contributed by atoms with Gasteiger partial charge in [-0.3, -0.25) is 0 Å². The minimum absolute atomic E-state index is 0.322. The third-order valence-electron chi connectivity index (χ3n) is 2.90. The molecule has 0 unspecified atom stereocenters. The Hall–Kier alpha value is -0.915. The SMILES string of the molecule is CNc1ccc2c(c1)C(C)(C)C[B]2. The van der Waals surface area contributed by atoms with E-state index in [1.807, 2.05) is 7.05 Å². The van der Waals surface area contributed by atoms with E-state index in [1.54, 1.807) is 0 Å².